The van der Waals surface area contributed by atoms with Gasteiger partial charge in [0, 0.05) is 32.2 Å². The summed E-state index contributed by atoms with van der Waals surface area (Å²) in [7, 11) is -1.88. The number of ether oxygens (including phenoxy) is 1. The van der Waals surface area contributed by atoms with Gasteiger partial charge in [-0.1, -0.05) is 0 Å². The lowest BCUT2D eigenvalue weighted by Gasteiger charge is -2.08. The maximum absolute atomic E-state index is 12.1. The number of rotatable bonds is 8. The number of imidazole rings is 1. The molecule has 0 aliphatic heterocycles. The molecule has 15 heteroatoms. The Morgan fingerprint density at radius 3 is 2.77 bits per heavy atom. The lowest BCUT2D eigenvalue weighted by atomic mass is 10.4. The van der Waals surface area contributed by atoms with E-state index in [0.717, 1.165) is 6.26 Å². The van der Waals surface area contributed by atoms with Crippen LogP contribution in [-0.2, 0) is 23.6 Å². The van der Waals surface area contributed by atoms with Crippen molar-refractivity contribution in [3.05, 3.63) is 30.3 Å². The second-order valence-corrected chi connectivity index (χ2v) is 7.74. The first-order chi connectivity index (χ1) is 13.9. The van der Waals surface area contributed by atoms with Crippen LogP contribution in [0.4, 0.5) is 19.0 Å². The number of aryl methyl sites for hydroxylation is 2. The predicted molar refractivity (Wildman–Crippen MR) is 102 cm³/mol. The van der Waals surface area contributed by atoms with Crippen molar-refractivity contribution in [3.8, 4) is 6.01 Å². The van der Waals surface area contributed by atoms with Crippen LogP contribution in [-0.4, -0.2) is 59.1 Å². The van der Waals surface area contributed by atoms with Crippen LogP contribution in [0.2, 0.25) is 0 Å². The summed E-state index contributed by atoms with van der Waals surface area (Å²) in [6, 6.07) is 1.38. The highest BCUT2D eigenvalue weighted by Gasteiger charge is 2.26. The number of anilines is 1. The predicted octanol–water partition coefficient (Wildman–Crippen LogP) is 0.235. The highest BCUT2D eigenvalue weighted by molar-refractivity contribution is 7.89. The summed E-state index contributed by atoms with van der Waals surface area (Å²) in [5, 5.41) is 2.42. The molecular formula is C15H21F3N8O3S. The molecule has 2 heterocycles. The van der Waals surface area contributed by atoms with Crippen molar-refractivity contribution in [2.45, 2.75) is 19.1 Å². The molecule has 0 saturated heterocycles. The normalized spacial score (nSPS) is 13.5. The molecule has 30 heavy (non-hydrogen) atoms. The largest absolute Gasteiger partial charge is 0.463 e. The van der Waals surface area contributed by atoms with Crippen molar-refractivity contribution in [3.63, 3.8) is 0 Å². The van der Waals surface area contributed by atoms with E-state index in [1.54, 1.807) is 28.6 Å². The van der Waals surface area contributed by atoms with E-state index in [9.17, 15) is 21.6 Å². The number of hydrogen-bond donors (Lipinski definition) is 2. The SMILES string of the molecule is Cn1ccn(CCCOc2nccc(NC(N)=NCC(F)(F)F)n2)c1=NS(C)(=O)=O. The van der Waals surface area contributed by atoms with Gasteiger partial charge < -0.3 is 24.9 Å². The number of nitrogens with two attached hydrogens (primary N) is 1. The van der Waals surface area contributed by atoms with Crippen molar-refractivity contribution in [1.29, 1.82) is 0 Å². The molecule has 0 radical (unpaired) electrons. The molecule has 0 fully saturated rings. The van der Waals surface area contributed by atoms with Crippen LogP contribution < -0.4 is 21.4 Å². The van der Waals surface area contributed by atoms with Gasteiger partial charge in [-0.3, -0.25) is 0 Å². The minimum Gasteiger partial charge on any atom is -0.463 e. The molecule has 0 aliphatic carbocycles. The zero-order chi connectivity index (χ0) is 22.4. The Labute approximate surface area is 170 Å². The molecule has 2 aromatic heterocycles. The van der Waals surface area contributed by atoms with Gasteiger partial charge in [-0.15, -0.1) is 4.40 Å². The summed E-state index contributed by atoms with van der Waals surface area (Å²) in [4.78, 5) is 11.0. The average Bonchev–Trinajstić information content (AvgIpc) is 2.95. The van der Waals surface area contributed by atoms with E-state index >= 15 is 0 Å². The third kappa shape index (κ3) is 8.10. The first-order valence-electron chi connectivity index (χ1n) is 8.50. The van der Waals surface area contributed by atoms with E-state index in [4.69, 9.17) is 10.5 Å². The zero-order valence-corrected chi connectivity index (χ0v) is 17.0. The first kappa shape index (κ1) is 23.2. The number of nitrogens with zero attached hydrogens (tertiary/aromatic N) is 6. The molecule has 0 amide bonds. The Morgan fingerprint density at radius 2 is 2.10 bits per heavy atom. The highest BCUT2D eigenvalue weighted by atomic mass is 32.2. The molecule has 0 saturated carbocycles. The van der Waals surface area contributed by atoms with Gasteiger partial charge in [-0.25, -0.2) is 18.4 Å². The van der Waals surface area contributed by atoms with Gasteiger partial charge in [-0.05, 0) is 12.5 Å². The topological polar surface area (TPSA) is 142 Å². The van der Waals surface area contributed by atoms with Crippen molar-refractivity contribution < 1.29 is 26.3 Å². The standard InChI is InChI=1S/C15H21F3N8O3S/c1-25-7-8-26(14(25)24-30(2,27)28)6-3-9-29-13-20-5-4-11(23-13)22-12(19)21-10-15(16,17)18/h4-5,7-8H,3,6,9-10H2,1-2H3,(H3,19,20,21,22,23). The van der Waals surface area contributed by atoms with Crippen LogP contribution in [0.25, 0.3) is 0 Å². The minimum atomic E-state index is -4.46. The molecule has 0 aromatic carbocycles. The molecule has 0 atom stereocenters. The number of hydrogen-bond acceptors (Lipinski definition) is 6. The maximum atomic E-state index is 12.1. The quantitative estimate of drug-likeness (QED) is 0.333. The number of sulfonamides is 1. The Kier molecular flexibility index (Phi) is 7.42. The summed E-state index contributed by atoms with van der Waals surface area (Å²) in [5.74, 6) is -0.324. The average molecular weight is 450 g/mol. The number of alkyl halides is 3. The van der Waals surface area contributed by atoms with Crippen LogP contribution in [0.3, 0.4) is 0 Å². The number of aromatic nitrogens is 4. The van der Waals surface area contributed by atoms with E-state index in [0.29, 0.717) is 13.0 Å². The Hall–Kier alpha value is -3.10. The lowest BCUT2D eigenvalue weighted by Crippen LogP contribution is -2.26. The monoisotopic (exact) mass is 450 g/mol. The fraction of sp³-hybridized carbons (Fsp3) is 0.467. The molecule has 0 bridgehead atoms. The fourth-order valence-electron chi connectivity index (χ4n) is 2.18. The van der Waals surface area contributed by atoms with Gasteiger partial charge in [0.2, 0.25) is 5.62 Å². The number of halogens is 3. The first-order valence-corrected chi connectivity index (χ1v) is 10.3. The maximum Gasteiger partial charge on any atom is 0.408 e. The minimum absolute atomic E-state index is 0.0114. The van der Waals surface area contributed by atoms with Gasteiger partial charge in [0.15, 0.2) is 5.96 Å². The molecule has 0 aliphatic rings. The molecule has 2 aromatic rings. The van der Waals surface area contributed by atoms with Crippen LogP contribution >= 0.6 is 0 Å². The van der Waals surface area contributed by atoms with E-state index in [1.165, 1.54) is 12.3 Å². The van der Waals surface area contributed by atoms with Crippen molar-refractivity contribution >= 4 is 21.8 Å². The smallest absolute Gasteiger partial charge is 0.408 e. The molecule has 0 spiro atoms. The van der Waals surface area contributed by atoms with E-state index in [-0.39, 0.29) is 24.1 Å². The van der Waals surface area contributed by atoms with E-state index in [1.807, 2.05) is 0 Å². The Bertz CT molecular complexity index is 1060. The van der Waals surface area contributed by atoms with Crippen LogP contribution in [0, 0.1) is 0 Å². The van der Waals surface area contributed by atoms with Crippen molar-refractivity contribution in [1.82, 2.24) is 19.1 Å². The Balaban J connectivity index is 1.91. The summed E-state index contributed by atoms with van der Waals surface area (Å²) in [5.41, 5.74) is 5.66. The zero-order valence-electron chi connectivity index (χ0n) is 16.2. The molecular weight excluding hydrogens is 429 g/mol. The third-order valence-corrected chi connectivity index (χ3v) is 3.88. The summed E-state index contributed by atoms with van der Waals surface area (Å²) < 4.78 is 71.6. The lowest BCUT2D eigenvalue weighted by molar-refractivity contribution is -0.118. The van der Waals surface area contributed by atoms with E-state index in [2.05, 4.69) is 24.7 Å². The third-order valence-electron chi connectivity index (χ3n) is 3.38. The van der Waals surface area contributed by atoms with Crippen molar-refractivity contribution in [2.24, 2.45) is 22.2 Å². The van der Waals surface area contributed by atoms with Gasteiger partial charge >= 0.3 is 12.2 Å². The van der Waals surface area contributed by atoms with E-state index < -0.39 is 28.7 Å². The molecule has 11 nitrogen and oxygen atoms in total. The number of nitrogens with one attached hydrogen (secondary N) is 1. The van der Waals surface area contributed by atoms with Gasteiger partial charge in [0.05, 0.1) is 12.9 Å². The van der Waals surface area contributed by atoms with Crippen LogP contribution in [0.15, 0.2) is 34.0 Å². The Morgan fingerprint density at radius 1 is 1.37 bits per heavy atom. The molecule has 3 N–H and O–H groups in total. The molecule has 166 valence electrons. The number of aliphatic imine (C=N–C) groups is 1. The van der Waals surface area contributed by atoms with Crippen LogP contribution in [0.1, 0.15) is 6.42 Å². The summed E-state index contributed by atoms with van der Waals surface area (Å²) >= 11 is 0. The van der Waals surface area contributed by atoms with Gasteiger partial charge in [0.1, 0.15) is 12.4 Å². The van der Waals surface area contributed by atoms with Crippen molar-refractivity contribution in [2.75, 3.05) is 24.7 Å². The second-order valence-electron chi connectivity index (χ2n) is 6.09. The summed E-state index contributed by atoms with van der Waals surface area (Å²) in [6.45, 7) is -0.795. The summed E-state index contributed by atoms with van der Waals surface area (Å²) in [6.07, 6.45) is 1.74. The second kappa shape index (κ2) is 9.60. The van der Waals surface area contributed by atoms with Gasteiger partial charge in [-0.2, -0.15) is 18.2 Å². The highest BCUT2D eigenvalue weighted by Crippen LogP contribution is 2.14. The van der Waals surface area contributed by atoms with Crippen LogP contribution in [0.5, 0.6) is 6.01 Å². The fourth-order valence-corrected chi connectivity index (χ4v) is 2.71. The molecule has 0 unspecified atom stereocenters. The number of guanidine groups is 1. The van der Waals surface area contributed by atoms with Gasteiger partial charge in [0.25, 0.3) is 10.0 Å². The molecule has 2 rings (SSSR count).